The first-order chi connectivity index (χ1) is 5.60. The Balaban J connectivity index is 3.51. The molecule has 0 saturated heterocycles. The van der Waals surface area contributed by atoms with Crippen molar-refractivity contribution in [3.05, 3.63) is 0 Å². The highest BCUT2D eigenvalue weighted by Crippen LogP contribution is 2.04. The zero-order valence-electron chi connectivity index (χ0n) is 6.80. The third-order valence-corrected chi connectivity index (χ3v) is 1.51. The summed E-state index contributed by atoms with van der Waals surface area (Å²) in [5.41, 5.74) is 0. The van der Waals surface area contributed by atoms with Gasteiger partial charge in [0.25, 0.3) is 0 Å². The Bertz CT molecular complexity index is 96.0. The van der Waals surface area contributed by atoms with Crippen LogP contribution in [0.4, 0.5) is 0 Å². The van der Waals surface area contributed by atoms with Crippen LogP contribution in [0.3, 0.4) is 0 Å². The van der Waals surface area contributed by atoms with Crippen molar-refractivity contribution in [2.24, 2.45) is 0 Å². The van der Waals surface area contributed by atoms with Gasteiger partial charge in [-0.25, -0.2) is 0 Å². The van der Waals surface area contributed by atoms with Crippen molar-refractivity contribution in [2.45, 2.75) is 31.2 Å². The fraction of sp³-hybridized carbons (Fsp3) is 1.00. The number of hydrogen-bond donors (Lipinski definition) is 5. The third-order valence-electron chi connectivity index (χ3n) is 1.51. The Kier molecular flexibility index (Phi) is 6.23. The van der Waals surface area contributed by atoms with Crippen LogP contribution in [0.2, 0.25) is 0 Å². The second-order valence-electron chi connectivity index (χ2n) is 2.80. The number of hydrogen-bond acceptors (Lipinski definition) is 5. The summed E-state index contributed by atoms with van der Waals surface area (Å²) in [7, 11) is 0. The van der Waals surface area contributed by atoms with Crippen molar-refractivity contribution < 1.29 is 25.5 Å². The first-order valence-corrected chi connectivity index (χ1v) is 3.86. The van der Waals surface area contributed by atoms with E-state index in [9.17, 15) is 0 Å². The van der Waals surface area contributed by atoms with Crippen LogP contribution >= 0.6 is 0 Å². The van der Waals surface area contributed by atoms with E-state index in [1.807, 2.05) is 0 Å². The van der Waals surface area contributed by atoms with Crippen molar-refractivity contribution in [3.8, 4) is 0 Å². The molecule has 5 heteroatoms. The molecular formula is C7H16O5. The van der Waals surface area contributed by atoms with Gasteiger partial charge in [-0.2, -0.15) is 0 Å². The topological polar surface area (TPSA) is 101 Å². The molecule has 0 spiro atoms. The van der Waals surface area contributed by atoms with Crippen LogP contribution in [-0.2, 0) is 0 Å². The molecule has 0 radical (unpaired) electrons. The van der Waals surface area contributed by atoms with E-state index < -0.39 is 31.5 Å². The molecule has 5 nitrogen and oxygen atoms in total. The van der Waals surface area contributed by atoms with Crippen LogP contribution in [-0.4, -0.2) is 57.1 Å². The van der Waals surface area contributed by atoms with Gasteiger partial charge in [0.2, 0.25) is 0 Å². The van der Waals surface area contributed by atoms with E-state index in [2.05, 4.69) is 0 Å². The van der Waals surface area contributed by atoms with Crippen molar-refractivity contribution in [2.75, 3.05) is 13.2 Å². The van der Waals surface area contributed by atoms with Gasteiger partial charge in [0.1, 0.15) is 0 Å². The Morgan fingerprint density at radius 1 is 0.667 bits per heavy atom. The highest BCUT2D eigenvalue weighted by molar-refractivity contribution is 4.66. The van der Waals surface area contributed by atoms with Gasteiger partial charge >= 0.3 is 0 Å². The summed E-state index contributed by atoms with van der Waals surface area (Å²) in [5.74, 6) is 0. The lowest BCUT2D eigenvalue weighted by molar-refractivity contribution is 0.00508. The van der Waals surface area contributed by atoms with Crippen molar-refractivity contribution in [3.63, 3.8) is 0 Å². The Hall–Kier alpha value is -0.200. The summed E-state index contributed by atoms with van der Waals surface area (Å²) >= 11 is 0. The van der Waals surface area contributed by atoms with Gasteiger partial charge in [0.15, 0.2) is 0 Å². The normalized spacial score (nSPS) is 18.8. The molecule has 74 valence electrons. The van der Waals surface area contributed by atoms with Gasteiger partial charge < -0.3 is 25.5 Å². The molecule has 0 amide bonds. The lowest BCUT2D eigenvalue weighted by atomic mass is 10.1. The summed E-state index contributed by atoms with van der Waals surface area (Å²) in [6, 6.07) is 0. The second-order valence-corrected chi connectivity index (χ2v) is 2.80. The molecule has 0 bridgehead atoms. The molecule has 0 aromatic carbocycles. The highest BCUT2D eigenvalue weighted by Gasteiger charge is 2.14. The molecular weight excluding hydrogens is 164 g/mol. The predicted octanol–water partition coefficient (Wildman–Crippen LogP) is -2.17. The van der Waals surface area contributed by atoms with Gasteiger partial charge in [0, 0.05) is 12.8 Å². The monoisotopic (exact) mass is 180 g/mol. The molecule has 12 heavy (non-hydrogen) atoms. The number of aliphatic hydroxyl groups is 5. The second kappa shape index (κ2) is 6.33. The molecule has 0 aromatic rings. The van der Waals surface area contributed by atoms with E-state index in [-0.39, 0.29) is 12.8 Å². The van der Waals surface area contributed by atoms with Crippen LogP contribution in [0.1, 0.15) is 12.8 Å². The molecule has 0 fully saturated rings. The van der Waals surface area contributed by atoms with Crippen molar-refractivity contribution >= 4 is 0 Å². The minimum Gasteiger partial charge on any atom is -0.394 e. The van der Waals surface area contributed by atoms with Crippen molar-refractivity contribution in [1.82, 2.24) is 0 Å². The molecule has 5 N–H and O–H groups in total. The molecule has 0 aliphatic rings. The Morgan fingerprint density at radius 2 is 1.00 bits per heavy atom. The summed E-state index contributed by atoms with van der Waals surface area (Å²) in [6.45, 7) is -0.821. The molecule has 2 atom stereocenters. The maximum atomic E-state index is 9.11. The summed E-state index contributed by atoms with van der Waals surface area (Å²) in [6.07, 6.45) is -2.81. The highest BCUT2D eigenvalue weighted by atomic mass is 16.3. The van der Waals surface area contributed by atoms with E-state index in [1.165, 1.54) is 0 Å². The lowest BCUT2D eigenvalue weighted by Crippen LogP contribution is -2.26. The fourth-order valence-electron chi connectivity index (χ4n) is 0.873. The van der Waals surface area contributed by atoms with Crippen molar-refractivity contribution in [1.29, 1.82) is 0 Å². The third kappa shape index (κ3) is 5.45. The van der Waals surface area contributed by atoms with Crippen LogP contribution in [0.5, 0.6) is 0 Å². The molecule has 0 saturated carbocycles. The molecule has 0 heterocycles. The van der Waals surface area contributed by atoms with E-state index in [0.29, 0.717) is 0 Å². The van der Waals surface area contributed by atoms with Gasteiger partial charge in [-0.05, 0) is 0 Å². The largest absolute Gasteiger partial charge is 0.394 e. The average molecular weight is 180 g/mol. The van der Waals surface area contributed by atoms with Gasteiger partial charge in [-0.3, -0.25) is 0 Å². The summed E-state index contributed by atoms with van der Waals surface area (Å²) in [5, 5.41) is 43.6. The molecule has 0 aliphatic carbocycles. The average Bonchev–Trinajstić information content (AvgIpc) is 2.03. The summed E-state index contributed by atoms with van der Waals surface area (Å²) in [4.78, 5) is 0. The number of rotatable bonds is 6. The zero-order chi connectivity index (χ0) is 9.56. The molecule has 2 unspecified atom stereocenters. The summed E-state index contributed by atoms with van der Waals surface area (Å²) < 4.78 is 0. The maximum Gasteiger partial charge on any atom is 0.0795 e. The van der Waals surface area contributed by atoms with Crippen LogP contribution in [0.15, 0.2) is 0 Å². The quantitative estimate of drug-likeness (QED) is 0.320. The van der Waals surface area contributed by atoms with Crippen LogP contribution in [0, 0.1) is 0 Å². The van der Waals surface area contributed by atoms with Gasteiger partial charge in [-0.15, -0.1) is 0 Å². The minimum atomic E-state index is -0.967. The molecule has 0 aromatic heterocycles. The smallest absolute Gasteiger partial charge is 0.0795 e. The maximum absolute atomic E-state index is 9.11. The Labute approximate surface area is 70.9 Å². The van der Waals surface area contributed by atoms with E-state index in [0.717, 1.165) is 0 Å². The SMILES string of the molecule is OCC(O)CC(O)CC(O)CO. The fourth-order valence-corrected chi connectivity index (χ4v) is 0.873. The first kappa shape index (κ1) is 11.8. The van der Waals surface area contributed by atoms with Crippen LogP contribution < -0.4 is 0 Å². The first-order valence-electron chi connectivity index (χ1n) is 3.86. The van der Waals surface area contributed by atoms with E-state index in [1.54, 1.807) is 0 Å². The lowest BCUT2D eigenvalue weighted by Gasteiger charge is -2.15. The molecule has 0 rings (SSSR count). The zero-order valence-corrected chi connectivity index (χ0v) is 6.80. The standard InChI is InChI=1S/C7H16O5/c8-3-6(11)1-5(10)2-7(12)4-9/h5-12H,1-4H2. The predicted molar refractivity (Wildman–Crippen MR) is 41.4 cm³/mol. The van der Waals surface area contributed by atoms with E-state index >= 15 is 0 Å². The minimum absolute atomic E-state index is 0.00750. The van der Waals surface area contributed by atoms with E-state index in [4.69, 9.17) is 25.5 Å². The molecule has 0 aliphatic heterocycles. The number of aliphatic hydroxyl groups excluding tert-OH is 5. The van der Waals surface area contributed by atoms with Gasteiger partial charge in [0.05, 0.1) is 31.5 Å². The Morgan fingerprint density at radius 3 is 1.25 bits per heavy atom. The van der Waals surface area contributed by atoms with Gasteiger partial charge in [-0.1, -0.05) is 0 Å². The van der Waals surface area contributed by atoms with Crippen LogP contribution in [0.25, 0.3) is 0 Å².